The maximum Gasteiger partial charge on any atom is 0.120 e. The molecule has 4 heteroatoms. The Morgan fingerprint density at radius 2 is 0.425 bits per heavy atom. The third-order valence-corrected chi connectivity index (χ3v) is 11.1. The van der Waals surface area contributed by atoms with Crippen LogP contribution in [0.4, 0.5) is 0 Å². The van der Waals surface area contributed by atoms with Gasteiger partial charge in [-0.1, -0.05) is 157 Å². The second-order valence-corrected chi connectivity index (χ2v) is 14.7. The molecule has 0 saturated carbocycles. The Balaban J connectivity index is 6.08. The zero-order valence-electron chi connectivity index (χ0n) is 29.0. The molecule has 0 aromatic rings. The van der Waals surface area contributed by atoms with Gasteiger partial charge in [0.1, 0.15) is 8.37 Å². The standard InChI is InChI=1S/C36H78N3P/c1-7-13-19-25-31-37(32-26-20-14-8-2)40(38(33-27-21-15-9-3)34-28-22-16-10-4)39(35-29-23-17-11-5)36-30-24-18-12-6/h7-36H2,1-6H3. The first-order valence-electron chi connectivity index (χ1n) is 18.7. The summed E-state index contributed by atoms with van der Waals surface area (Å²) in [7, 11) is -0.376. The zero-order valence-corrected chi connectivity index (χ0v) is 29.9. The van der Waals surface area contributed by atoms with Gasteiger partial charge in [-0.15, -0.1) is 0 Å². The lowest BCUT2D eigenvalue weighted by molar-refractivity contribution is 0.294. The molecule has 0 aliphatic rings. The van der Waals surface area contributed by atoms with Crippen LogP contribution in [-0.2, 0) is 0 Å². The minimum atomic E-state index is -0.376. The van der Waals surface area contributed by atoms with Crippen molar-refractivity contribution in [3.05, 3.63) is 0 Å². The normalized spacial score (nSPS) is 12.2. The first kappa shape index (κ1) is 40.3. The number of nitrogens with zero attached hydrogens (tertiary/aromatic N) is 3. The SMILES string of the molecule is CCCCCCN(CCCCCC)P(N(CCCCCC)CCCCCC)N(CCCCCC)CCCCCC. The van der Waals surface area contributed by atoms with E-state index in [9.17, 15) is 0 Å². The molecule has 0 fully saturated rings. The molecule has 0 radical (unpaired) electrons. The van der Waals surface area contributed by atoms with Crippen molar-refractivity contribution in [3.63, 3.8) is 0 Å². The van der Waals surface area contributed by atoms with Gasteiger partial charge in [-0.25, -0.2) is 0 Å². The van der Waals surface area contributed by atoms with Gasteiger partial charge in [0.05, 0.1) is 0 Å². The fourth-order valence-corrected chi connectivity index (χ4v) is 8.73. The molecule has 242 valence electrons. The summed E-state index contributed by atoms with van der Waals surface area (Å²) in [6, 6.07) is 0. The largest absolute Gasteiger partial charge is 0.257 e. The van der Waals surface area contributed by atoms with Crippen LogP contribution in [0.2, 0.25) is 0 Å². The van der Waals surface area contributed by atoms with Crippen molar-refractivity contribution in [2.45, 2.75) is 196 Å². The van der Waals surface area contributed by atoms with Crippen LogP contribution in [0.3, 0.4) is 0 Å². The van der Waals surface area contributed by atoms with Crippen molar-refractivity contribution in [3.8, 4) is 0 Å². The Morgan fingerprint density at radius 1 is 0.250 bits per heavy atom. The molecule has 3 nitrogen and oxygen atoms in total. The molecule has 0 heterocycles. The first-order chi connectivity index (χ1) is 19.7. The van der Waals surface area contributed by atoms with Crippen molar-refractivity contribution < 1.29 is 0 Å². The van der Waals surface area contributed by atoms with E-state index in [1.165, 1.54) is 193 Å². The zero-order chi connectivity index (χ0) is 29.5. The fourth-order valence-electron chi connectivity index (χ4n) is 5.74. The highest BCUT2D eigenvalue weighted by Crippen LogP contribution is 2.49. The Morgan fingerprint density at radius 3 is 0.575 bits per heavy atom. The molecule has 0 aliphatic carbocycles. The van der Waals surface area contributed by atoms with Gasteiger partial charge in [-0.3, -0.25) is 14.0 Å². The third-order valence-electron chi connectivity index (χ3n) is 8.38. The molecular weight excluding hydrogens is 505 g/mol. The summed E-state index contributed by atoms with van der Waals surface area (Å²) in [4.78, 5) is 0. The predicted molar refractivity (Wildman–Crippen MR) is 186 cm³/mol. The van der Waals surface area contributed by atoms with Crippen molar-refractivity contribution in [2.24, 2.45) is 0 Å². The predicted octanol–water partition coefficient (Wildman–Crippen LogP) is 12.6. The maximum absolute atomic E-state index is 3.06. The van der Waals surface area contributed by atoms with Crippen molar-refractivity contribution in [1.29, 1.82) is 0 Å². The first-order valence-corrected chi connectivity index (χ1v) is 19.9. The Bertz CT molecular complexity index is 372. The lowest BCUT2D eigenvalue weighted by atomic mass is 10.2. The summed E-state index contributed by atoms with van der Waals surface area (Å²) in [6.07, 6.45) is 33.2. The topological polar surface area (TPSA) is 9.72 Å². The summed E-state index contributed by atoms with van der Waals surface area (Å²) >= 11 is 0. The van der Waals surface area contributed by atoms with Crippen LogP contribution >= 0.6 is 8.37 Å². The van der Waals surface area contributed by atoms with Gasteiger partial charge in [-0.05, 0) is 38.5 Å². The van der Waals surface area contributed by atoms with Gasteiger partial charge in [0.25, 0.3) is 0 Å². The number of unbranched alkanes of at least 4 members (excludes halogenated alkanes) is 18. The summed E-state index contributed by atoms with van der Waals surface area (Å²) in [6.45, 7) is 22.1. The lowest BCUT2D eigenvalue weighted by Gasteiger charge is -2.46. The molecule has 0 bridgehead atoms. The summed E-state index contributed by atoms with van der Waals surface area (Å²) < 4.78 is 9.17. The van der Waals surface area contributed by atoms with E-state index in [0.29, 0.717) is 0 Å². The van der Waals surface area contributed by atoms with Gasteiger partial charge < -0.3 is 0 Å². The molecule has 40 heavy (non-hydrogen) atoms. The highest BCUT2D eigenvalue weighted by molar-refractivity contribution is 7.50. The van der Waals surface area contributed by atoms with E-state index in [2.05, 4.69) is 55.6 Å². The van der Waals surface area contributed by atoms with Gasteiger partial charge in [0, 0.05) is 39.3 Å². The van der Waals surface area contributed by atoms with Gasteiger partial charge in [0.2, 0.25) is 0 Å². The molecule has 0 aromatic carbocycles. The molecule has 0 unspecified atom stereocenters. The molecule has 0 spiro atoms. The van der Waals surface area contributed by atoms with E-state index in [4.69, 9.17) is 0 Å². The Kier molecular flexibility index (Phi) is 32.5. The van der Waals surface area contributed by atoms with E-state index in [0.717, 1.165) is 0 Å². The van der Waals surface area contributed by atoms with E-state index < -0.39 is 0 Å². The second kappa shape index (κ2) is 32.2. The second-order valence-electron chi connectivity index (χ2n) is 12.5. The van der Waals surface area contributed by atoms with E-state index >= 15 is 0 Å². The smallest absolute Gasteiger partial charge is 0.120 e. The van der Waals surface area contributed by atoms with E-state index in [1.54, 1.807) is 0 Å². The average molecular weight is 584 g/mol. The summed E-state index contributed by atoms with van der Waals surface area (Å²) in [5, 5.41) is 0. The van der Waals surface area contributed by atoms with Crippen LogP contribution in [-0.4, -0.2) is 53.3 Å². The van der Waals surface area contributed by atoms with Crippen LogP contribution < -0.4 is 0 Å². The Hall–Kier alpha value is 0.310. The molecule has 0 aromatic heterocycles. The van der Waals surface area contributed by atoms with E-state index in [1.807, 2.05) is 0 Å². The number of hydrogen-bond acceptors (Lipinski definition) is 3. The summed E-state index contributed by atoms with van der Waals surface area (Å²) in [5.74, 6) is 0. The Labute approximate surface area is 256 Å². The minimum Gasteiger partial charge on any atom is -0.257 e. The number of hydrogen-bond donors (Lipinski definition) is 0. The van der Waals surface area contributed by atoms with Crippen molar-refractivity contribution >= 4 is 8.37 Å². The van der Waals surface area contributed by atoms with Crippen molar-refractivity contribution in [1.82, 2.24) is 14.0 Å². The minimum absolute atomic E-state index is 0.376. The molecule has 0 atom stereocenters. The highest BCUT2D eigenvalue weighted by Gasteiger charge is 2.30. The van der Waals surface area contributed by atoms with Gasteiger partial charge in [-0.2, -0.15) is 0 Å². The fraction of sp³-hybridized carbons (Fsp3) is 1.00. The monoisotopic (exact) mass is 584 g/mol. The summed E-state index contributed by atoms with van der Waals surface area (Å²) in [5.41, 5.74) is 0. The van der Waals surface area contributed by atoms with Crippen LogP contribution in [0.25, 0.3) is 0 Å². The van der Waals surface area contributed by atoms with Crippen LogP contribution in [0.5, 0.6) is 0 Å². The lowest BCUT2D eigenvalue weighted by Crippen LogP contribution is -2.40. The quantitative estimate of drug-likeness (QED) is 0.0562. The average Bonchev–Trinajstić information content (AvgIpc) is 2.96. The van der Waals surface area contributed by atoms with Crippen molar-refractivity contribution in [2.75, 3.05) is 39.3 Å². The highest BCUT2D eigenvalue weighted by atomic mass is 31.2. The van der Waals surface area contributed by atoms with Crippen LogP contribution in [0.1, 0.15) is 196 Å². The maximum atomic E-state index is 3.06. The molecule has 0 amide bonds. The number of rotatable bonds is 33. The van der Waals surface area contributed by atoms with Crippen LogP contribution in [0.15, 0.2) is 0 Å². The molecule has 0 rings (SSSR count). The van der Waals surface area contributed by atoms with Gasteiger partial charge in [0.15, 0.2) is 0 Å². The molecule has 0 aliphatic heterocycles. The molecule has 0 saturated heterocycles. The van der Waals surface area contributed by atoms with Gasteiger partial charge >= 0.3 is 0 Å². The van der Waals surface area contributed by atoms with Crippen LogP contribution in [0, 0.1) is 0 Å². The molecule has 0 N–H and O–H groups in total. The van der Waals surface area contributed by atoms with E-state index in [-0.39, 0.29) is 8.37 Å². The third kappa shape index (κ3) is 22.9. The molecular formula is C36H78N3P.